The van der Waals surface area contributed by atoms with Crippen molar-refractivity contribution in [2.24, 2.45) is 5.92 Å². The molecular formula is C26H27N7O3. The summed E-state index contributed by atoms with van der Waals surface area (Å²) in [5.41, 5.74) is 3.67. The standard InChI is InChI=1S/C26H27N7O3/c1-15-2-5-17(6-3-15)33-21-13-27-10-8-18(21)19-12-28-26(31-23(19)33)30-22-7-4-16-14-32(24(34)25(35)36)11-9-20(16)29-22/h4,7-8,10,12-13,15,17H,2-3,5-6,9,11,14H2,1H3,(H,35,36)(H,28,29,30,31). The Kier molecular flexibility index (Phi) is 5.50. The zero-order valence-electron chi connectivity index (χ0n) is 20.0. The quantitative estimate of drug-likeness (QED) is 0.419. The molecular weight excluding hydrogens is 458 g/mol. The monoisotopic (exact) mass is 485 g/mol. The lowest BCUT2D eigenvalue weighted by Gasteiger charge is -2.28. The minimum absolute atomic E-state index is 0.240. The van der Waals surface area contributed by atoms with E-state index < -0.39 is 11.9 Å². The third-order valence-corrected chi connectivity index (χ3v) is 7.46. The Morgan fingerprint density at radius 3 is 2.69 bits per heavy atom. The molecule has 2 N–H and O–H groups in total. The van der Waals surface area contributed by atoms with Crippen LogP contribution in [-0.2, 0) is 22.6 Å². The minimum atomic E-state index is -1.44. The van der Waals surface area contributed by atoms with Crippen LogP contribution in [-0.4, -0.2) is 52.9 Å². The number of carbonyl (C=O) groups excluding carboxylic acids is 1. The summed E-state index contributed by atoms with van der Waals surface area (Å²) in [5.74, 6) is -0.490. The van der Waals surface area contributed by atoms with Crippen LogP contribution in [0.3, 0.4) is 0 Å². The van der Waals surface area contributed by atoms with Crippen molar-refractivity contribution in [3.63, 3.8) is 0 Å². The number of aromatic nitrogens is 5. The van der Waals surface area contributed by atoms with Gasteiger partial charge in [0.15, 0.2) is 0 Å². The van der Waals surface area contributed by atoms with E-state index >= 15 is 0 Å². The van der Waals surface area contributed by atoms with Crippen LogP contribution >= 0.6 is 0 Å². The summed E-state index contributed by atoms with van der Waals surface area (Å²) in [6.07, 6.45) is 10.7. The van der Waals surface area contributed by atoms with Crippen LogP contribution in [0.15, 0.2) is 36.8 Å². The van der Waals surface area contributed by atoms with E-state index in [-0.39, 0.29) is 6.54 Å². The van der Waals surface area contributed by atoms with Crippen molar-refractivity contribution in [2.75, 3.05) is 11.9 Å². The lowest BCUT2D eigenvalue weighted by atomic mass is 9.87. The number of rotatable bonds is 3. The summed E-state index contributed by atoms with van der Waals surface area (Å²) in [6, 6.07) is 6.09. The molecule has 184 valence electrons. The molecule has 1 saturated carbocycles. The number of aliphatic carboxylic acids is 1. The second-order valence-electron chi connectivity index (χ2n) is 9.82. The highest BCUT2D eigenvalue weighted by Gasteiger charge is 2.27. The maximum Gasteiger partial charge on any atom is 0.394 e. The van der Waals surface area contributed by atoms with Gasteiger partial charge in [-0.2, -0.15) is 4.98 Å². The molecule has 10 nitrogen and oxygen atoms in total. The van der Waals surface area contributed by atoms with Gasteiger partial charge in [0.05, 0.1) is 11.7 Å². The van der Waals surface area contributed by atoms with Crippen molar-refractivity contribution >= 4 is 45.6 Å². The Morgan fingerprint density at radius 1 is 1.06 bits per heavy atom. The number of fused-ring (bicyclic) bond motifs is 4. The number of hydrogen-bond donors (Lipinski definition) is 2. The lowest BCUT2D eigenvalue weighted by Crippen LogP contribution is -2.40. The topological polar surface area (TPSA) is 126 Å². The van der Waals surface area contributed by atoms with Crippen molar-refractivity contribution in [1.29, 1.82) is 0 Å². The second kappa shape index (κ2) is 8.85. The fourth-order valence-corrected chi connectivity index (χ4v) is 5.51. The first kappa shape index (κ1) is 22.4. The van der Waals surface area contributed by atoms with E-state index in [0.717, 1.165) is 52.0 Å². The van der Waals surface area contributed by atoms with Crippen molar-refractivity contribution in [1.82, 2.24) is 29.4 Å². The zero-order chi connectivity index (χ0) is 24.8. The molecule has 1 aliphatic heterocycles. The molecule has 0 atom stereocenters. The number of amides is 1. The normalized spacial score (nSPS) is 19.9. The Hall–Kier alpha value is -4.08. The number of hydrogen-bond acceptors (Lipinski definition) is 7. The highest BCUT2D eigenvalue weighted by atomic mass is 16.4. The van der Waals surface area contributed by atoms with Crippen molar-refractivity contribution in [3.8, 4) is 0 Å². The number of carbonyl (C=O) groups is 2. The number of carboxylic acids is 1. The van der Waals surface area contributed by atoms with Gasteiger partial charge in [-0.15, -0.1) is 0 Å². The molecule has 6 rings (SSSR count). The van der Waals surface area contributed by atoms with Crippen molar-refractivity contribution in [2.45, 2.75) is 51.6 Å². The van der Waals surface area contributed by atoms with E-state index in [9.17, 15) is 9.59 Å². The molecule has 0 aromatic carbocycles. The number of anilines is 2. The van der Waals surface area contributed by atoms with Crippen LogP contribution in [0.25, 0.3) is 21.9 Å². The lowest BCUT2D eigenvalue weighted by molar-refractivity contribution is -0.156. The molecule has 0 unspecified atom stereocenters. The molecule has 36 heavy (non-hydrogen) atoms. The van der Waals surface area contributed by atoms with E-state index in [1.165, 1.54) is 17.7 Å². The average molecular weight is 486 g/mol. The minimum Gasteiger partial charge on any atom is -0.474 e. The molecule has 0 saturated heterocycles. The van der Waals surface area contributed by atoms with Gasteiger partial charge >= 0.3 is 11.9 Å². The van der Waals surface area contributed by atoms with E-state index in [0.29, 0.717) is 30.8 Å². The summed E-state index contributed by atoms with van der Waals surface area (Å²) < 4.78 is 2.34. The Morgan fingerprint density at radius 2 is 1.89 bits per heavy atom. The van der Waals surface area contributed by atoms with Crippen LogP contribution in [0.5, 0.6) is 0 Å². The van der Waals surface area contributed by atoms with Gasteiger partial charge in [0.25, 0.3) is 0 Å². The maximum atomic E-state index is 11.8. The molecule has 1 aliphatic carbocycles. The first-order valence-electron chi connectivity index (χ1n) is 12.4. The molecule has 0 spiro atoms. The van der Waals surface area contributed by atoms with E-state index in [4.69, 9.17) is 15.1 Å². The van der Waals surface area contributed by atoms with E-state index in [1.807, 2.05) is 36.8 Å². The first-order valence-corrected chi connectivity index (χ1v) is 12.4. The van der Waals surface area contributed by atoms with Crippen molar-refractivity contribution in [3.05, 3.63) is 48.0 Å². The molecule has 1 fully saturated rings. The van der Waals surface area contributed by atoms with Gasteiger partial charge < -0.3 is 19.9 Å². The van der Waals surface area contributed by atoms with E-state index in [1.54, 1.807) is 0 Å². The number of pyridine rings is 2. The van der Waals surface area contributed by atoms with Crippen LogP contribution in [0, 0.1) is 5.92 Å². The largest absolute Gasteiger partial charge is 0.474 e. The highest BCUT2D eigenvalue weighted by Crippen LogP contribution is 2.38. The van der Waals surface area contributed by atoms with Gasteiger partial charge in [-0.3, -0.25) is 9.78 Å². The molecule has 10 heteroatoms. The van der Waals surface area contributed by atoms with Crippen molar-refractivity contribution < 1.29 is 14.7 Å². The van der Waals surface area contributed by atoms with E-state index in [2.05, 4.69) is 26.8 Å². The fourth-order valence-electron chi connectivity index (χ4n) is 5.51. The predicted octanol–water partition coefficient (Wildman–Crippen LogP) is 3.84. The second-order valence-corrected chi connectivity index (χ2v) is 9.82. The van der Waals surface area contributed by atoms with Gasteiger partial charge in [-0.25, -0.2) is 14.8 Å². The Balaban J connectivity index is 1.31. The van der Waals surface area contributed by atoms with Gasteiger partial charge in [0, 0.05) is 54.4 Å². The third kappa shape index (κ3) is 3.92. The number of nitrogens with zero attached hydrogens (tertiary/aromatic N) is 6. The van der Waals surface area contributed by atoms with Gasteiger partial charge in [0.2, 0.25) is 5.95 Å². The summed E-state index contributed by atoms with van der Waals surface area (Å²) >= 11 is 0. The number of nitrogens with one attached hydrogen (secondary N) is 1. The number of carboxylic acid groups (broad SMARTS) is 1. The Labute approximate surface area is 207 Å². The van der Waals surface area contributed by atoms with Crippen LogP contribution in [0.1, 0.15) is 49.9 Å². The summed E-state index contributed by atoms with van der Waals surface area (Å²) in [6.45, 7) is 2.89. The molecule has 2 aliphatic rings. The molecule has 0 bridgehead atoms. The van der Waals surface area contributed by atoms with Crippen LogP contribution in [0.2, 0.25) is 0 Å². The molecule has 4 aromatic rings. The zero-order valence-corrected chi connectivity index (χ0v) is 20.0. The smallest absolute Gasteiger partial charge is 0.394 e. The highest BCUT2D eigenvalue weighted by molar-refractivity contribution is 6.31. The molecule has 5 heterocycles. The maximum absolute atomic E-state index is 11.8. The molecule has 4 aromatic heterocycles. The SMILES string of the molecule is CC1CCC(n2c3cnccc3c3cnc(Nc4ccc5c(n4)CCN(C(=O)C(=O)O)C5)nc32)CC1. The van der Waals surface area contributed by atoms with Crippen LogP contribution < -0.4 is 5.32 Å². The third-order valence-electron chi connectivity index (χ3n) is 7.46. The summed E-state index contributed by atoms with van der Waals surface area (Å²) in [5, 5.41) is 14.4. The predicted molar refractivity (Wildman–Crippen MR) is 134 cm³/mol. The van der Waals surface area contributed by atoms with Gasteiger partial charge in [-0.1, -0.05) is 13.0 Å². The van der Waals surface area contributed by atoms with Gasteiger partial charge in [-0.05, 0) is 49.3 Å². The average Bonchev–Trinajstić information content (AvgIpc) is 3.22. The molecule has 1 amide bonds. The summed E-state index contributed by atoms with van der Waals surface area (Å²) in [7, 11) is 0. The summed E-state index contributed by atoms with van der Waals surface area (Å²) in [4.78, 5) is 42.7. The first-order chi connectivity index (χ1) is 17.5. The Bertz CT molecular complexity index is 1490. The van der Waals surface area contributed by atoms with Gasteiger partial charge in [0.1, 0.15) is 11.5 Å². The van der Waals surface area contributed by atoms with Crippen LogP contribution in [0.4, 0.5) is 11.8 Å². The fraction of sp³-hybridized carbons (Fsp3) is 0.385. The molecule has 0 radical (unpaired) electrons.